The molecule has 0 heterocycles. The summed E-state index contributed by atoms with van der Waals surface area (Å²) in [4.78, 5) is 22.7. The minimum atomic E-state index is -4.87. The maximum atomic E-state index is 12.0. The van der Waals surface area contributed by atoms with Gasteiger partial charge in [-0.1, -0.05) is 60.7 Å². The summed E-state index contributed by atoms with van der Waals surface area (Å²) >= 11 is 0. The number of hydrogen-bond donors (Lipinski definition) is 2. The normalized spacial score (nSPS) is 12.5. The van der Waals surface area contributed by atoms with Gasteiger partial charge >= 0.3 is 11.9 Å². The number of hydrogen-bond acceptors (Lipinski definition) is 5. The number of benzene rings is 2. The minimum absolute atomic E-state index is 0.0937. The van der Waals surface area contributed by atoms with Crippen molar-refractivity contribution in [3.05, 3.63) is 71.8 Å². The molecule has 2 N–H and O–H groups in total. The van der Waals surface area contributed by atoms with Gasteiger partial charge < -0.3 is 9.84 Å². The topological polar surface area (TPSA) is 118 Å². The Bertz CT molecular complexity index is 824. The van der Waals surface area contributed by atoms with Crippen LogP contribution in [0.1, 0.15) is 29.9 Å². The third-order valence-corrected chi connectivity index (χ3v) is 5.12. The number of ether oxygens (including phenoxy) is 1. The van der Waals surface area contributed by atoms with Crippen LogP contribution in [-0.2, 0) is 24.4 Å². The molecule has 144 valence electrons. The highest BCUT2D eigenvalue weighted by molar-refractivity contribution is 7.87. The minimum Gasteiger partial charge on any atom is -0.481 e. The van der Waals surface area contributed by atoms with E-state index < -0.39 is 33.7 Å². The van der Waals surface area contributed by atoms with E-state index in [1.807, 2.05) is 60.7 Å². The Morgan fingerprint density at radius 2 is 1.41 bits per heavy atom. The first-order valence-electron chi connectivity index (χ1n) is 8.23. The molecule has 0 bridgehead atoms. The molecular formula is C19H20O7S. The average molecular weight is 392 g/mol. The molecule has 2 aromatic rings. The zero-order chi connectivity index (χ0) is 19.9. The second-order valence-corrected chi connectivity index (χ2v) is 7.53. The van der Waals surface area contributed by atoms with Crippen molar-refractivity contribution in [2.24, 2.45) is 0 Å². The van der Waals surface area contributed by atoms with Crippen molar-refractivity contribution in [3.63, 3.8) is 0 Å². The molecule has 7 nitrogen and oxygen atoms in total. The number of aliphatic carboxylic acids is 1. The van der Waals surface area contributed by atoms with Gasteiger partial charge in [-0.05, 0) is 17.5 Å². The number of carboxylic acid groups (broad SMARTS) is 1. The van der Waals surface area contributed by atoms with Crippen molar-refractivity contribution < 1.29 is 32.4 Å². The highest BCUT2D eigenvalue weighted by atomic mass is 32.2. The van der Waals surface area contributed by atoms with Gasteiger partial charge in [0.1, 0.15) is 0 Å². The van der Waals surface area contributed by atoms with Crippen LogP contribution in [0.4, 0.5) is 0 Å². The third kappa shape index (κ3) is 6.19. The van der Waals surface area contributed by atoms with Gasteiger partial charge in [-0.2, -0.15) is 8.42 Å². The highest BCUT2D eigenvalue weighted by Crippen LogP contribution is 2.27. The van der Waals surface area contributed by atoms with E-state index in [4.69, 9.17) is 14.4 Å². The van der Waals surface area contributed by atoms with Crippen LogP contribution >= 0.6 is 0 Å². The predicted molar refractivity (Wildman–Crippen MR) is 97.9 cm³/mol. The molecule has 0 aromatic heterocycles. The van der Waals surface area contributed by atoms with Crippen molar-refractivity contribution in [3.8, 4) is 0 Å². The second kappa shape index (κ2) is 9.29. The lowest BCUT2D eigenvalue weighted by atomic mass is 9.89. The Kier molecular flexibility index (Phi) is 7.09. The maximum absolute atomic E-state index is 12.0. The molecule has 0 aliphatic carbocycles. The Morgan fingerprint density at radius 3 is 1.81 bits per heavy atom. The number of carbonyl (C=O) groups excluding carboxylic acids is 1. The average Bonchev–Trinajstić information content (AvgIpc) is 2.63. The van der Waals surface area contributed by atoms with E-state index in [-0.39, 0.29) is 12.5 Å². The zero-order valence-electron chi connectivity index (χ0n) is 14.4. The first kappa shape index (κ1) is 20.6. The van der Waals surface area contributed by atoms with Crippen molar-refractivity contribution in [2.75, 3.05) is 6.61 Å². The van der Waals surface area contributed by atoms with E-state index in [9.17, 15) is 18.0 Å². The van der Waals surface area contributed by atoms with Crippen LogP contribution in [0, 0.1) is 0 Å². The summed E-state index contributed by atoms with van der Waals surface area (Å²) in [6, 6.07) is 19.1. The fourth-order valence-corrected chi connectivity index (χ4v) is 3.40. The van der Waals surface area contributed by atoms with E-state index in [0.717, 1.165) is 11.1 Å². The van der Waals surface area contributed by atoms with Crippen molar-refractivity contribution in [1.82, 2.24) is 0 Å². The molecule has 27 heavy (non-hydrogen) atoms. The van der Waals surface area contributed by atoms with Crippen LogP contribution in [-0.4, -0.2) is 41.9 Å². The number of rotatable bonds is 9. The Labute approximate surface area is 157 Å². The lowest BCUT2D eigenvalue weighted by Crippen LogP contribution is -2.34. The summed E-state index contributed by atoms with van der Waals surface area (Å²) in [5.41, 5.74) is 1.99. The van der Waals surface area contributed by atoms with Crippen molar-refractivity contribution in [2.45, 2.75) is 24.0 Å². The standard InChI is InChI=1S/C19H20O7S/c20-18(21)13-17(27(23,24)25)19(22)26-12-11-16(14-7-3-1-4-8-14)15-9-5-2-6-10-15/h1-10,16-17H,11-13H2,(H,20,21)(H,23,24,25). The first-order valence-corrected chi connectivity index (χ1v) is 9.74. The smallest absolute Gasteiger partial charge is 0.327 e. The summed E-state index contributed by atoms with van der Waals surface area (Å²) in [6.07, 6.45) is -0.691. The lowest BCUT2D eigenvalue weighted by molar-refractivity contribution is -0.147. The van der Waals surface area contributed by atoms with E-state index in [0.29, 0.717) is 6.42 Å². The SMILES string of the molecule is O=C(O)CC(C(=O)OCCC(c1ccccc1)c1ccccc1)S(=O)(=O)O. The van der Waals surface area contributed by atoms with Gasteiger partial charge in [0.2, 0.25) is 0 Å². The predicted octanol–water partition coefficient (Wildman–Crippen LogP) is 2.48. The summed E-state index contributed by atoms with van der Waals surface area (Å²) in [7, 11) is -4.87. The lowest BCUT2D eigenvalue weighted by Gasteiger charge is -2.19. The Hall–Kier alpha value is -2.71. The third-order valence-electron chi connectivity index (χ3n) is 4.04. The molecule has 1 atom stereocenters. The van der Waals surface area contributed by atoms with Gasteiger partial charge in [-0.25, -0.2) is 0 Å². The van der Waals surface area contributed by atoms with Crippen LogP contribution < -0.4 is 0 Å². The second-order valence-electron chi connectivity index (χ2n) is 5.93. The molecule has 0 aliphatic rings. The number of carboxylic acids is 1. The van der Waals surface area contributed by atoms with E-state index >= 15 is 0 Å². The van der Waals surface area contributed by atoms with Gasteiger partial charge in [-0.3, -0.25) is 14.1 Å². The Morgan fingerprint density at radius 1 is 0.926 bits per heavy atom. The maximum Gasteiger partial charge on any atom is 0.327 e. The van der Waals surface area contributed by atoms with Crippen LogP contribution in [0.15, 0.2) is 60.7 Å². The summed E-state index contributed by atoms with van der Waals surface area (Å²) in [6.45, 7) is -0.126. The van der Waals surface area contributed by atoms with Gasteiger partial charge in [0.25, 0.3) is 10.1 Å². The number of esters is 1. The fraction of sp³-hybridized carbons (Fsp3) is 0.263. The largest absolute Gasteiger partial charge is 0.481 e. The molecule has 2 aromatic carbocycles. The molecule has 0 saturated carbocycles. The van der Waals surface area contributed by atoms with Crippen LogP contribution in [0.5, 0.6) is 0 Å². The Balaban J connectivity index is 2.09. The number of carbonyl (C=O) groups is 2. The van der Waals surface area contributed by atoms with Gasteiger partial charge in [-0.15, -0.1) is 0 Å². The van der Waals surface area contributed by atoms with Crippen LogP contribution in [0.2, 0.25) is 0 Å². The van der Waals surface area contributed by atoms with Gasteiger partial charge in [0.05, 0.1) is 13.0 Å². The molecular weight excluding hydrogens is 372 g/mol. The quantitative estimate of drug-likeness (QED) is 0.497. The molecule has 0 fully saturated rings. The summed E-state index contributed by atoms with van der Waals surface area (Å²) < 4.78 is 36.5. The summed E-state index contributed by atoms with van der Waals surface area (Å²) in [5, 5.41) is 6.59. The molecule has 0 spiro atoms. The van der Waals surface area contributed by atoms with Crippen LogP contribution in [0.25, 0.3) is 0 Å². The first-order chi connectivity index (χ1) is 12.8. The molecule has 2 rings (SSSR count). The molecule has 8 heteroatoms. The summed E-state index contributed by atoms with van der Waals surface area (Å²) in [5.74, 6) is -2.90. The molecule has 0 amide bonds. The highest BCUT2D eigenvalue weighted by Gasteiger charge is 2.35. The van der Waals surface area contributed by atoms with E-state index in [2.05, 4.69) is 0 Å². The zero-order valence-corrected chi connectivity index (χ0v) is 15.2. The fourth-order valence-electron chi connectivity index (χ4n) is 2.74. The molecule has 0 saturated heterocycles. The van der Waals surface area contributed by atoms with Crippen molar-refractivity contribution >= 4 is 22.1 Å². The van der Waals surface area contributed by atoms with Gasteiger partial charge in [0, 0.05) is 5.92 Å². The molecule has 0 aliphatic heterocycles. The molecule has 1 unspecified atom stereocenters. The van der Waals surface area contributed by atoms with Gasteiger partial charge in [0.15, 0.2) is 5.25 Å². The van der Waals surface area contributed by atoms with E-state index in [1.165, 1.54) is 0 Å². The van der Waals surface area contributed by atoms with E-state index in [1.54, 1.807) is 0 Å². The van der Waals surface area contributed by atoms with Crippen molar-refractivity contribution in [1.29, 1.82) is 0 Å². The monoisotopic (exact) mass is 392 g/mol. The van der Waals surface area contributed by atoms with Crippen LogP contribution in [0.3, 0.4) is 0 Å². The molecule has 0 radical (unpaired) electrons.